The van der Waals surface area contributed by atoms with Gasteiger partial charge in [-0.2, -0.15) is 13.2 Å². The van der Waals surface area contributed by atoms with Crippen LogP contribution in [0.25, 0.3) is 0 Å². The van der Waals surface area contributed by atoms with Crippen LogP contribution in [0.1, 0.15) is 43.4 Å². The maximum Gasteiger partial charge on any atom is 0.416 e. The van der Waals surface area contributed by atoms with Crippen LogP contribution >= 0.6 is 11.6 Å². The number of carbonyl (C=O) groups is 1. The molecular weight excluding hydrogens is 415 g/mol. The Morgan fingerprint density at radius 1 is 1.07 bits per heavy atom. The number of hydrogen-bond acceptors (Lipinski definition) is 2. The molecule has 1 N–H and O–H groups in total. The zero-order valence-corrected chi connectivity index (χ0v) is 17.7. The van der Waals surface area contributed by atoms with Crippen LogP contribution in [-0.4, -0.2) is 25.7 Å². The van der Waals surface area contributed by atoms with Crippen LogP contribution in [0.15, 0.2) is 48.5 Å². The Morgan fingerprint density at radius 3 is 2.27 bits per heavy atom. The van der Waals surface area contributed by atoms with E-state index in [1.165, 1.54) is 6.07 Å². The summed E-state index contributed by atoms with van der Waals surface area (Å²) in [7, 11) is 0. The van der Waals surface area contributed by atoms with Crippen molar-refractivity contribution in [2.45, 2.75) is 43.7 Å². The van der Waals surface area contributed by atoms with Gasteiger partial charge in [-0.15, -0.1) is 0 Å². The van der Waals surface area contributed by atoms with E-state index in [4.69, 9.17) is 16.3 Å². The minimum absolute atomic E-state index is 0.145. The largest absolute Gasteiger partial charge is 0.416 e. The molecule has 0 unspecified atom stereocenters. The van der Waals surface area contributed by atoms with Gasteiger partial charge >= 0.3 is 6.18 Å². The topological polar surface area (TPSA) is 38.3 Å². The first-order valence-electron chi connectivity index (χ1n) is 9.84. The number of halogens is 4. The summed E-state index contributed by atoms with van der Waals surface area (Å²) in [5.41, 5.74) is -0.730. The molecule has 3 rings (SSSR count). The second-order valence-electron chi connectivity index (χ2n) is 8.35. The summed E-state index contributed by atoms with van der Waals surface area (Å²) < 4.78 is 44.7. The molecule has 2 aromatic rings. The molecule has 0 saturated carbocycles. The van der Waals surface area contributed by atoms with Crippen LogP contribution in [0, 0.1) is 0 Å². The molecule has 0 radical (unpaired) electrons. The van der Waals surface area contributed by atoms with Gasteiger partial charge in [-0.1, -0.05) is 55.8 Å². The van der Waals surface area contributed by atoms with E-state index in [-0.39, 0.29) is 12.5 Å². The number of hydrogen-bond donors (Lipinski definition) is 1. The molecule has 0 spiro atoms. The minimum Gasteiger partial charge on any atom is -0.381 e. The Kier molecular flexibility index (Phi) is 6.48. The fourth-order valence-electron chi connectivity index (χ4n) is 3.82. The molecule has 0 aliphatic carbocycles. The van der Waals surface area contributed by atoms with Gasteiger partial charge in [0.15, 0.2) is 0 Å². The fraction of sp³-hybridized carbons (Fsp3) is 0.435. The smallest absolute Gasteiger partial charge is 0.381 e. The van der Waals surface area contributed by atoms with Gasteiger partial charge in [0, 0.05) is 30.2 Å². The third kappa shape index (κ3) is 4.81. The Balaban J connectivity index is 1.80. The summed E-state index contributed by atoms with van der Waals surface area (Å²) in [6.45, 7) is 4.78. The molecule has 0 bridgehead atoms. The highest BCUT2D eigenvalue weighted by atomic mass is 35.5. The Hall–Kier alpha value is -2.05. The lowest BCUT2D eigenvalue weighted by molar-refractivity contribution is -0.137. The van der Waals surface area contributed by atoms with Gasteiger partial charge in [0.05, 0.1) is 11.0 Å². The van der Waals surface area contributed by atoms with Crippen molar-refractivity contribution < 1.29 is 22.7 Å². The van der Waals surface area contributed by atoms with Gasteiger partial charge in [-0.25, -0.2) is 0 Å². The van der Waals surface area contributed by atoms with E-state index in [2.05, 4.69) is 5.32 Å². The predicted octanol–water partition coefficient (Wildman–Crippen LogP) is 5.50. The van der Waals surface area contributed by atoms with E-state index in [1.54, 1.807) is 18.2 Å². The summed E-state index contributed by atoms with van der Waals surface area (Å²) in [5, 5.41) is 3.58. The summed E-state index contributed by atoms with van der Waals surface area (Å²) in [5.74, 6) is -0.145. The summed E-state index contributed by atoms with van der Waals surface area (Å²) in [4.78, 5) is 13.3. The molecule has 1 aliphatic heterocycles. The number of amides is 1. The number of rotatable bonds is 5. The zero-order valence-electron chi connectivity index (χ0n) is 17.0. The lowest BCUT2D eigenvalue weighted by atomic mass is 9.73. The predicted molar refractivity (Wildman–Crippen MR) is 111 cm³/mol. The number of ether oxygens (including phenoxy) is 1. The van der Waals surface area contributed by atoms with Gasteiger partial charge in [0.25, 0.3) is 0 Å². The number of benzene rings is 2. The summed E-state index contributed by atoms with van der Waals surface area (Å²) in [6.07, 6.45) is -3.34. The first-order chi connectivity index (χ1) is 14.0. The van der Waals surface area contributed by atoms with Crippen molar-refractivity contribution in [1.29, 1.82) is 0 Å². The molecule has 1 fully saturated rings. The lowest BCUT2D eigenvalue weighted by Gasteiger charge is -2.37. The van der Waals surface area contributed by atoms with Crippen molar-refractivity contribution in [3.63, 3.8) is 0 Å². The molecule has 0 aromatic heterocycles. The van der Waals surface area contributed by atoms with Gasteiger partial charge < -0.3 is 10.1 Å². The van der Waals surface area contributed by atoms with Crippen molar-refractivity contribution in [2.24, 2.45) is 0 Å². The van der Waals surface area contributed by atoms with E-state index in [0.717, 1.165) is 17.7 Å². The summed E-state index contributed by atoms with van der Waals surface area (Å²) in [6, 6.07) is 12.5. The van der Waals surface area contributed by atoms with Crippen molar-refractivity contribution in [1.82, 2.24) is 5.32 Å². The van der Waals surface area contributed by atoms with E-state index < -0.39 is 22.6 Å². The molecule has 30 heavy (non-hydrogen) atoms. The molecule has 1 saturated heterocycles. The standard InChI is InChI=1S/C23H25ClF3NO2/c1-21(2,17-4-3-5-18(14-17)23(25,26)27)15-28-20(29)22(10-12-30-13-11-22)16-6-8-19(24)9-7-16/h3-9,14H,10-13,15H2,1-2H3,(H,28,29). The maximum atomic E-state index is 13.3. The minimum atomic E-state index is -4.41. The van der Waals surface area contributed by atoms with Gasteiger partial charge in [0.2, 0.25) is 5.91 Å². The van der Waals surface area contributed by atoms with Crippen LogP contribution < -0.4 is 5.32 Å². The number of nitrogens with one attached hydrogen (secondary N) is 1. The van der Waals surface area contributed by atoms with Crippen LogP contribution in [-0.2, 0) is 26.5 Å². The van der Waals surface area contributed by atoms with Crippen LogP contribution in [0.4, 0.5) is 13.2 Å². The highest BCUT2D eigenvalue weighted by Crippen LogP contribution is 2.37. The van der Waals surface area contributed by atoms with Crippen LogP contribution in [0.5, 0.6) is 0 Å². The molecule has 162 valence electrons. The molecule has 3 nitrogen and oxygen atoms in total. The number of alkyl halides is 3. The molecular formula is C23H25ClF3NO2. The lowest BCUT2D eigenvalue weighted by Crippen LogP contribution is -2.50. The zero-order chi connectivity index (χ0) is 22.0. The molecule has 1 amide bonds. The number of carbonyl (C=O) groups excluding carboxylic acids is 1. The molecule has 2 aromatic carbocycles. The highest BCUT2D eigenvalue weighted by Gasteiger charge is 2.42. The second kappa shape index (κ2) is 8.60. The SMILES string of the molecule is CC(C)(CNC(=O)C1(c2ccc(Cl)cc2)CCOCC1)c1cccc(C(F)(F)F)c1. The molecule has 1 aliphatic rings. The Labute approximate surface area is 179 Å². The van der Waals surface area contributed by atoms with E-state index in [0.29, 0.717) is 36.6 Å². The first-order valence-corrected chi connectivity index (χ1v) is 10.2. The first kappa shape index (κ1) is 22.6. The van der Waals surface area contributed by atoms with Crippen LogP contribution in [0.2, 0.25) is 5.02 Å². The normalized spacial score (nSPS) is 16.9. The molecule has 1 heterocycles. The Morgan fingerprint density at radius 2 is 1.67 bits per heavy atom. The average molecular weight is 440 g/mol. The van der Waals surface area contributed by atoms with E-state index in [1.807, 2.05) is 26.0 Å². The monoisotopic (exact) mass is 439 g/mol. The van der Waals surface area contributed by atoms with Gasteiger partial charge in [-0.05, 0) is 42.2 Å². The maximum absolute atomic E-state index is 13.3. The third-order valence-electron chi connectivity index (χ3n) is 5.84. The van der Waals surface area contributed by atoms with E-state index >= 15 is 0 Å². The molecule has 7 heteroatoms. The van der Waals surface area contributed by atoms with Crippen molar-refractivity contribution >= 4 is 17.5 Å². The van der Waals surface area contributed by atoms with Crippen LogP contribution in [0.3, 0.4) is 0 Å². The van der Waals surface area contributed by atoms with Gasteiger partial charge in [0.1, 0.15) is 0 Å². The average Bonchev–Trinajstić information content (AvgIpc) is 2.72. The summed E-state index contributed by atoms with van der Waals surface area (Å²) >= 11 is 6.00. The van der Waals surface area contributed by atoms with Crippen molar-refractivity contribution in [3.05, 3.63) is 70.2 Å². The van der Waals surface area contributed by atoms with Crippen molar-refractivity contribution in [2.75, 3.05) is 19.8 Å². The molecule has 0 atom stereocenters. The third-order valence-corrected chi connectivity index (χ3v) is 6.09. The van der Waals surface area contributed by atoms with Gasteiger partial charge in [-0.3, -0.25) is 4.79 Å². The fourth-order valence-corrected chi connectivity index (χ4v) is 3.95. The second-order valence-corrected chi connectivity index (χ2v) is 8.78. The Bertz CT molecular complexity index is 888. The highest BCUT2D eigenvalue weighted by molar-refractivity contribution is 6.30. The van der Waals surface area contributed by atoms with E-state index in [9.17, 15) is 18.0 Å². The van der Waals surface area contributed by atoms with Crippen molar-refractivity contribution in [3.8, 4) is 0 Å². The quantitative estimate of drug-likeness (QED) is 0.668.